The molecule has 2 rings (SSSR count). The fourth-order valence-electron chi connectivity index (χ4n) is 3.49. The monoisotopic (exact) mass is 510 g/mol. The Balaban J connectivity index is 0.00000392. The molecule has 2 aliphatic rings. The highest BCUT2D eigenvalue weighted by Crippen LogP contribution is 2.17. The largest absolute Gasteiger partial charge is 0.376 e. The average Bonchev–Trinajstić information content (AvgIpc) is 2.71. The van der Waals surface area contributed by atoms with Gasteiger partial charge in [-0.25, -0.2) is 0 Å². The van der Waals surface area contributed by atoms with Gasteiger partial charge in [0.05, 0.1) is 18.8 Å². The normalized spacial score (nSPS) is 22.3. The fraction of sp³-hybridized carbons (Fsp3) is 0.900. The van der Waals surface area contributed by atoms with Crippen LogP contribution in [0.1, 0.15) is 58.8 Å². The van der Waals surface area contributed by atoms with Crippen LogP contribution in [0.25, 0.3) is 0 Å². The lowest BCUT2D eigenvalue weighted by molar-refractivity contribution is -0.121. The fourth-order valence-corrected chi connectivity index (χ4v) is 3.49. The lowest BCUT2D eigenvalue weighted by Gasteiger charge is -2.35. The quantitative estimate of drug-likeness (QED) is 0.298. The maximum atomic E-state index is 11.9. The van der Waals surface area contributed by atoms with Gasteiger partial charge in [-0.15, -0.1) is 24.0 Å². The first-order valence-electron chi connectivity index (χ1n) is 10.6. The number of carbonyl (C=O) groups excluding carboxylic acids is 1. The third kappa shape index (κ3) is 9.26. The number of halogens is 1. The van der Waals surface area contributed by atoms with Crippen molar-refractivity contribution >= 4 is 35.8 Å². The van der Waals surface area contributed by atoms with E-state index < -0.39 is 0 Å². The molecule has 1 amide bonds. The SMILES string of the molecule is CCC(C)NC(=O)CCNC(=NC)N1CCC(OCC2CCCCO2)CC1.I. The van der Waals surface area contributed by atoms with Crippen molar-refractivity contribution in [1.82, 2.24) is 15.5 Å². The minimum Gasteiger partial charge on any atom is -0.376 e. The van der Waals surface area contributed by atoms with Crippen LogP contribution in [0.5, 0.6) is 0 Å². The lowest BCUT2D eigenvalue weighted by Crippen LogP contribution is -2.48. The summed E-state index contributed by atoms with van der Waals surface area (Å²) in [7, 11) is 1.80. The van der Waals surface area contributed by atoms with Crippen LogP contribution in [0.4, 0.5) is 0 Å². The molecule has 164 valence electrons. The Labute approximate surface area is 187 Å². The number of nitrogens with zero attached hydrogens (tertiary/aromatic N) is 2. The third-order valence-electron chi connectivity index (χ3n) is 5.40. The van der Waals surface area contributed by atoms with E-state index in [0.717, 1.165) is 57.9 Å². The molecule has 0 aromatic carbocycles. The maximum absolute atomic E-state index is 11.9. The molecule has 2 heterocycles. The van der Waals surface area contributed by atoms with E-state index >= 15 is 0 Å². The molecule has 0 aromatic heterocycles. The summed E-state index contributed by atoms with van der Waals surface area (Å²) in [5, 5.41) is 6.30. The third-order valence-corrected chi connectivity index (χ3v) is 5.40. The van der Waals surface area contributed by atoms with E-state index in [-0.39, 0.29) is 42.0 Å². The highest BCUT2D eigenvalue weighted by molar-refractivity contribution is 14.0. The lowest BCUT2D eigenvalue weighted by atomic mass is 10.1. The van der Waals surface area contributed by atoms with E-state index in [4.69, 9.17) is 9.47 Å². The Kier molecular flexibility index (Phi) is 13.1. The van der Waals surface area contributed by atoms with Crippen molar-refractivity contribution in [3.8, 4) is 0 Å². The van der Waals surface area contributed by atoms with Crippen LogP contribution >= 0.6 is 24.0 Å². The number of carbonyl (C=O) groups is 1. The van der Waals surface area contributed by atoms with Gasteiger partial charge in [0.2, 0.25) is 5.91 Å². The minimum atomic E-state index is 0. The molecule has 0 aliphatic carbocycles. The first kappa shape index (κ1) is 25.4. The van der Waals surface area contributed by atoms with Crippen LogP contribution in [0.15, 0.2) is 4.99 Å². The number of piperidine rings is 1. The summed E-state index contributed by atoms with van der Waals surface area (Å²) in [6, 6.07) is 0.231. The second kappa shape index (κ2) is 14.4. The van der Waals surface area contributed by atoms with Gasteiger partial charge >= 0.3 is 0 Å². The van der Waals surface area contributed by atoms with Gasteiger partial charge in [0.25, 0.3) is 0 Å². The van der Waals surface area contributed by atoms with Crippen LogP contribution in [-0.4, -0.2) is 74.9 Å². The summed E-state index contributed by atoms with van der Waals surface area (Å²) in [4.78, 5) is 18.5. The van der Waals surface area contributed by atoms with Crippen molar-refractivity contribution < 1.29 is 14.3 Å². The maximum Gasteiger partial charge on any atom is 0.221 e. The van der Waals surface area contributed by atoms with Crippen molar-refractivity contribution in [3.63, 3.8) is 0 Å². The van der Waals surface area contributed by atoms with Crippen LogP contribution in [0, 0.1) is 0 Å². The van der Waals surface area contributed by atoms with Gasteiger partial charge in [-0.1, -0.05) is 6.92 Å². The van der Waals surface area contributed by atoms with Crippen molar-refractivity contribution in [2.75, 3.05) is 39.9 Å². The zero-order valence-corrected chi connectivity index (χ0v) is 20.1. The molecule has 0 radical (unpaired) electrons. The molecule has 0 spiro atoms. The van der Waals surface area contributed by atoms with Crippen molar-refractivity contribution in [1.29, 1.82) is 0 Å². The zero-order chi connectivity index (χ0) is 19.5. The smallest absolute Gasteiger partial charge is 0.221 e. The first-order valence-corrected chi connectivity index (χ1v) is 10.6. The van der Waals surface area contributed by atoms with Gasteiger partial charge < -0.3 is 25.0 Å². The number of hydrogen-bond donors (Lipinski definition) is 2. The highest BCUT2D eigenvalue weighted by atomic mass is 127. The van der Waals surface area contributed by atoms with Gasteiger partial charge in [0.15, 0.2) is 5.96 Å². The van der Waals surface area contributed by atoms with Crippen molar-refractivity contribution in [2.24, 2.45) is 4.99 Å². The molecule has 0 aromatic rings. The van der Waals surface area contributed by atoms with Gasteiger partial charge in [-0.3, -0.25) is 9.79 Å². The Morgan fingerprint density at radius 2 is 2.04 bits per heavy atom. The Hall–Kier alpha value is -0.610. The summed E-state index contributed by atoms with van der Waals surface area (Å²) in [6.07, 6.45) is 7.57. The van der Waals surface area contributed by atoms with E-state index in [1.807, 2.05) is 6.92 Å². The number of likely N-dealkylation sites (tertiary alicyclic amines) is 1. The standard InChI is InChI=1S/C20H38N4O3.HI/c1-4-16(2)23-19(25)8-11-22-20(21-3)24-12-9-17(10-13-24)27-15-18-7-5-6-14-26-18;/h16-18H,4-15H2,1-3H3,(H,21,22)(H,23,25);1H. The van der Waals surface area contributed by atoms with Gasteiger partial charge in [0, 0.05) is 45.8 Å². The number of guanidine groups is 1. The molecule has 28 heavy (non-hydrogen) atoms. The first-order chi connectivity index (χ1) is 13.1. The molecule has 2 unspecified atom stereocenters. The van der Waals surface area contributed by atoms with Crippen LogP contribution in [0.3, 0.4) is 0 Å². The number of hydrogen-bond acceptors (Lipinski definition) is 4. The predicted octanol–water partition coefficient (Wildman–Crippen LogP) is 2.53. The van der Waals surface area contributed by atoms with Gasteiger partial charge in [0.1, 0.15) is 0 Å². The number of nitrogens with one attached hydrogen (secondary N) is 2. The van der Waals surface area contributed by atoms with Crippen LogP contribution in [0.2, 0.25) is 0 Å². The second-order valence-corrected chi connectivity index (χ2v) is 7.61. The molecular weight excluding hydrogens is 471 g/mol. The van der Waals surface area contributed by atoms with E-state index in [9.17, 15) is 4.79 Å². The molecule has 2 aliphatic heterocycles. The summed E-state index contributed by atoms with van der Waals surface area (Å²) in [5.74, 6) is 0.963. The summed E-state index contributed by atoms with van der Waals surface area (Å²) in [6.45, 7) is 8.15. The number of ether oxygens (including phenoxy) is 2. The minimum absolute atomic E-state index is 0. The topological polar surface area (TPSA) is 75.2 Å². The molecule has 2 fully saturated rings. The van der Waals surface area contributed by atoms with Crippen LogP contribution < -0.4 is 10.6 Å². The average molecular weight is 510 g/mol. The Morgan fingerprint density at radius 1 is 1.29 bits per heavy atom. The van der Waals surface area contributed by atoms with Gasteiger partial charge in [-0.2, -0.15) is 0 Å². The van der Waals surface area contributed by atoms with E-state index in [1.165, 1.54) is 12.8 Å². The molecule has 7 nitrogen and oxygen atoms in total. The van der Waals surface area contributed by atoms with Crippen molar-refractivity contribution in [3.05, 3.63) is 0 Å². The molecular formula is C20H39IN4O3. The number of rotatable bonds is 8. The summed E-state index contributed by atoms with van der Waals surface area (Å²) < 4.78 is 11.8. The number of amides is 1. The molecule has 0 bridgehead atoms. The van der Waals surface area contributed by atoms with Crippen LogP contribution in [-0.2, 0) is 14.3 Å². The number of aliphatic imine (C=N–C) groups is 1. The van der Waals surface area contributed by atoms with Crippen molar-refractivity contribution in [2.45, 2.75) is 77.0 Å². The molecule has 2 saturated heterocycles. The molecule has 8 heteroatoms. The molecule has 0 saturated carbocycles. The Bertz CT molecular complexity index is 464. The van der Waals surface area contributed by atoms with E-state index in [1.54, 1.807) is 7.05 Å². The highest BCUT2D eigenvalue weighted by Gasteiger charge is 2.23. The zero-order valence-electron chi connectivity index (χ0n) is 17.7. The van der Waals surface area contributed by atoms with E-state index in [2.05, 4.69) is 27.4 Å². The second-order valence-electron chi connectivity index (χ2n) is 7.61. The summed E-state index contributed by atoms with van der Waals surface area (Å²) in [5.41, 5.74) is 0. The summed E-state index contributed by atoms with van der Waals surface area (Å²) >= 11 is 0. The molecule has 2 N–H and O–H groups in total. The van der Waals surface area contributed by atoms with Gasteiger partial charge in [-0.05, 0) is 45.4 Å². The van der Waals surface area contributed by atoms with E-state index in [0.29, 0.717) is 19.1 Å². The molecule has 2 atom stereocenters. The predicted molar refractivity (Wildman–Crippen MR) is 123 cm³/mol. The Morgan fingerprint density at radius 3 is 2.64 bits per heavy atom.